The minimum Gasteiger partial charge on any atom is -0.377 e. The number of pyridine rings is 1. The molecule has 2 nitrogen and oxygen atoms in total. The monoisotopic (exact) mass is 320 g/mol. The quantitative estimate of drug-likeness (QED) is 0.830. The van der Waals surface area contributed by atoms with Crippen LogP contribution in [0.5, 0.6) is 0 Å². The van der Waals surface area contributed by atoms with Crippen LogP contribution >= 0.6 is 15.9 Å². The zero-order valence-corrected chi connectivity index (χ0v) is 12.2. The Kier molecular flexibility index (Phi) is 3.27. The summed E-state index contributed by atoms with van der Waals surface area (Å²) in [6, 6.07) is 9.41. The first-order valence-corrected chi connectivity index (χ1v) is 7.11. The van der Waals surface area contributed by atoms with Gasteiger partial charge in [0.15, 0.2) is 0 Å². The predicted molar refractivity (Wildman–Crippen MR) is 77.8 cm³/mol. The first kappa shape index (κ1) is 12.6. The van der Waals surface area contributed by atoms with Gasteiger partial charge in [0, 0.05) is 0 Å². The zero-order valence-electron chi connectivity index (χ0n) is 10.6. The first-order chi connectivity index (χ1) is 9.15. The van der Waals surface area contributed by atoms with Crippen molar-refractivity contribution in [2.24, 2.45) is 0 Å². The molecule has 98 valence electrons. The number of hydrogen-bond donors (Lipinski definition) is 1. The van der Waals surface area contributed by atoms with Gasteiger partial charge in [-0.3, -0.25) is 0 Å². The number of anilines is 1. The highest BCUT2D eigenvalue weighted by molar-refractivity contribution is 9.10. The maximum absolute atomic E-state index is 13.7. The Labute approximate surface area is 120 Å². The number of nitrogens with one attached hydrogen (secondary N) is 1. The fourth-order valence-corrected chi connectivity index (χ4v) is 3.03. The number of benzene rings is 1. The summed E-state index contributed by atoms with van der Waals surface area (Å²) in [5, 5.41) is 3.47. The van der Waals surface area contributed by atoms with Crippen molar-refractivity contribution in [2.75, 3.05) is 5.32 Å². The largest absolute Gasteiger partial charge is 0.377 e. The summed E-state index contributed by atoms with van der Waals surface area (Å²) in [5.41, 5.74) is 3.87. The number of rotatable bonds is 2. The summed E-state index contributed by atoms with van der Waals surface area (Å²) in [6.07, 6.45) is 1.72. The lowest BCUT2D eigenvalue weighted by Crippen LogP contribution is -2.09. The Balaban J connectivity index is 1.89. The van der Waals surface area contributed by atoms with Crippen LogP contribution in [0.15, 0.2) is 34.9 Å². The summed E-state index contributed by atoms with van der Waals surface area (Å²) in [7, 11) is 0. The van der Waals surface area contributed by atoms with Crippen molar-refractivity contribution in [2.45, 2.75) is 25.8 Å². The second kappa shape index (κ2) is 4.93. The van der Waals surface area contributed by atoms with E-state index in [2.05, 4.69) is 26.2 Å². The first-order valence-electron chi connectivity index (χ1n) is 6.32. The molecule has 0 radical (unpaired) electrons. The molecule has 0 aliphatic heterocycles. The molecule has 0 spiro atoms. The molecule has 1 aliphatic carbocycles. The molecular formula is C15H14BrFN2. The number of aryl methyl sites for hydroxylation is 1. The van der Waals surface area contributed by atoms with Gasteiger partial charge in [0.05, 0.1) is 17.4 Å². The smallest absolute Gasteiger partial charge is 0.126 e. The highest BCUT2D eigenvalue weighted by Gasteiger charge is 2.25. The van der Waals surface area contributed by atoms with Crippen LogP contribution in [0.1, 0.15) is 29.3 Å². The molecule has 1 atom stereocenters. The van der Waals surface area contributed by atoms with Gasteiger partial charge in [-0.1, -0.05) is 12.1 Å². The Morgan fingerprint density at radius 1 is 1.32 bits per heavy atom. The van der Waals surface area contributed by atoms with Gasteiger partial charge in [-0.05, 0) is 65.0 Å². The van der Waals surface area contributed by atoms with Gasteiger partial charge in [-0.25, -0.2) is 9.37 Å². The normalized spacial score (nSPS) is 17.3. The summed E-state index contributed by atoms with van der Waals surface area (Å²) in [4.78, 5) is 4.37. The molecule has 0 amide bonds. The molecule has 19 heavy (non-hydrogen) atoms. The van der Waals surface area contributed by atoms with Gasteiger partial charge >= 0.3 is 0 Å². The van der Waals surface area contributed by atoms with E-state index in [-0.39, 0.29) is 11.9 Å². The summed E-state index contributed by atoms with van der Waals surface area (Å²) < 4.78 is 14.5. The molecular weight excluding hydrogens is 307 g/mol. The molecule has 0 saturated heterocycles. The number of halogens is 2. The molecule has 1 aromatic carbocycles. The lowest BCUT2D eigenvalue weighted by molar-refractivity contribution is 0.612. The fourth-order valence-electron chi connectivity index (χ4n) is 2.63. The molecule has 0 bridgehead atoms. The summed E-state index contributed by atoms with van der Waals surface area (Å²) in [6.45, 7) is 1.97. The third-order valence-electron chi connectivity index (χ3n) is 3.60. The van der Waals surface area contributed by atoms with Crippen LogP contribution in [0, 0.1) is 12.7 Å². The van der Waals surface area contributed by atoms with E-state index >= 15 is 0 Å². The second-order valence-electron chi connectivity index (χ2n) is 4.81. The van der Waals surface area contributed by atoms with Gasteiger partial charge in [0.1, 0.15) is 10.4 Å². The van der Waals surface area contributed by atoms with Crippen molar-refractivity contribution in [3.8, 4) is 0 Å². The van der Waals surface area contributed by atoms with Crippen LogP contribution in [0.3, 0.4) is 0 Å². The van der Waals surface area contributed by atoms with Gasteiger partial charge < -0.3 is 5.32 Å². The Morgan fingerprint density at radius 3 is 2.95 bits per heavy atom. The summed E-state index contributed by atoms with van der Waals surface area (Å²) in [5.74, 6) is -0.0903. The molecule has 1 aliphatic rings. The zero-order chi connectivity index (χ0) is 13.4. The number of fused-ring (bicyclic) bond motifs is 1. The van der Waals surface area contributed by atoms with E-state index in [1.807, 2.05) is 25.1 Å². The van der Waals surface area contributed by atoms with Crippen LogP contribution in [0.4, 0.5) is 10.1 Å². The molecule has 0 fully saturated rings. The fraction of sp³-hybridized carbons (Fsp3) is 0.267. The van der Waals surface area contributed by atoms with Crippen molar-refractivity contribution >= 4 is 21.6 Å². The van der Waals surface area contributed by atoms with Crippen LogP contribution in [-0.2, 0) is 6.42 Å². The van der Waals surface area contributed by atoms with E-state index in [1.54, 1.807) is 6.07 Å². The Bertz CT molecular complexity index is 628. The van der Waals surface area contributed by atoms with Crippen LogP contribution in [0.2, 0.25) is 0 Å². The standard InChI is InChI=1S/C15H14BrFN2/c1-9-13(7-8-15(16)18-9)19-14-6-5-10-11(14)3-2-4-12(10)17/h2-4,7-8,14,19H,5-6H2,1H3. The lowest BCUT2D eigenvalue weighted by Gasteiger charge is -2.17. The Morgan fingerprint density at radius 2 is 2.16 bits per heavy atom. The van der Waals surface area contributed by atoms with Crippen molar-refractivity contribution < 1.29 is 4.39 Å². The molecule has 4 heteroatoms. The molecule has 1 heterocycles. The van der Waals surface area contributed by atoms with Crippen LogP contribution in [0.25, 0.3) is 0 Å². The number of hydrogen-bond acceptors (Lipinski definition) is 2. The third kappa shape index (κ3) is 2.37. The molecule has 0 saturated carbocycles. The van der Waals surface area contributed by atoms with E-state index in [0.29, 0.717) is 0 Å². The highest BCUT2D eigenvalue weighted by atomic mass is 79.9. The molecule has 1 N–H and O–H groups in total. The van der Waals surface area contributed by atoms with Gasteiger partial charge in [0.2, 0.25) is 0 Å². The van der Waals surface area contributed by atoms with E-state index in [9.17, 15) is 4.39 Å². The number of aromatic nitrogens is 1. The van der Waals surface area contributed by atoms with Crippen molar-refractivity contribution in [1.29, 1.82) is 0 Å². The average molecular weight is 321 g/mol. The lowest BCUT2D eigenvalue weighted by atomic mass is 10.1. The molecule has 3 rings (SSSR count). The van der Waals surface area contributed by atoms with Crippen molar-refractivity contribution in [3.63, 3.8) is 0 Å². The third-order valence-corrected chi connectivity index (χ3v) is 4.04. The average Bonchev–Trinajstić information content (AvgIpc) is 2.78. The molecule has 1 unspecified atom stereocenters. The van der Waals surface area contributed by atoms with Gasteiger partial charge in [-0.15, -0.1) is 0 Å². The minimum atomic E-state index is -0.0903. The van der Waals surface area contributed by atoms with E-state index in [4.69, 9.17) is 0 Å². The van der Waals surface area contributed by atoms with E-state index in [0.717, 1.165) is 40.0 Å². The van der Waals surface area contributed by atoms with Gasteiger partial charge in [0.25, 0.3) is 0 Å². The topological polar surface area (TPSA) is 24.9 Å². The summed E-state index contributed by atoms with van der Waals surface area (Å²) >= 11 is 3.36. The van der Waals surface area contributed by atoms with E-state index < -0.39 is 0 Å². The molecule has 1 aromatic heterocycles. The maximum Gasteiger partial charge on any atom is 0.126 e. The minimum absolute atomic E-state index is 0.0903. The molecule has 2 aromatic rings. The SMILES string of the molecule is Cc1nc(Br)ccc1NC1CCc2c(F)cccc21. The van der Waals surface area contributed by atoms with E-state index in [1.165, 1.54) is 6.07 Å². The van der Waals surface area contributed by atoms with Crippen LogP contribution in [-0.4, -0.2) is 4.98 Å². The van der Waals surface area contributed by atoms with Crippen LogP contribution < -0.4 is 5.32 Å². The Hall–Kier alpha value is -1.42. The maximum atomic E-state index is 13.7. The second-order valence-corrected chi connectivity index (χ2v) is 5.62. The predicted octanol–water partition coefficient (Wildman–Crippen LogP) is 4.39. The van der Waals surface area contributed by atoms with Gasteiger partial charge in [-0.2, -0.15) is 0 Å². The number of nitrogens with zero attached hydrogens (tertiary/aromatic N) is 1. The highest BCUT2D eigenvalue weighted by Crippen LogP contribution is 2.35. The van der Waals surface area contributed by atoms with Crippen molar-refractivity contribution in [3.05, 3.63) is 57.6 Å². The van der Waals surface area contributed by atoms with Crippen molar-refractivity contribution in [1.82, 2.24) is 4.98 Å².